The molecule has 1 amide bonds. The van der Waals surface area contributed by atoms with Gasteiger partial charge >= 0.3 is 0 Å². The highest BCUT2D eigenvalue weighted by Crippen LogP contribution is 2.36. The average Bonchev–Trinajstić information content (AvgIpc) is 2.90. The van der Waals surface area contributed by atoms with Gasteiger partial charge in [0.1, 0.15) is 12.4 Å². The second-order valence-corrected chi connectivity index (χ2v) is 7.35. The van der Waals surface area contributed by atoms with E-state index in [-0.39, 0.29) is 24.5 Å². The molecule has 0 saturated heterocycles. The smallest absolute Gasteiger partial charge is 0.230 e. The molecule has 2 N–H and O–H groups in total. The van der Waals surface area contributed by atoms with Crippen molar-refractivity contribution in [1.82, 2.24) is 20.1 Å². The Morgan fingerprint density at radius 2 is 2.08 bits per heavy atom. The van der Waals surface area contributed by atoms with Gasteiger partial charge in [-0.15, -0.1) is 22.0 Å². The summed E-state index contributed by atoms with van der Waals surface area (Å²) >= 11 is 7.34. The SMILES string of the molecule is Cn1c(CO)nnc1C1CC(NC(=O)CSc2ccc(Cl)cc2)C1. The molecule has 1 aliphatic carbocycles. The Bertz CT molecular complexity index is 713. The van der Waals surface area contributed by atoms with Crippen LogP contribution in [0, 0.1) is 0 Å². The predicted molar refractivity (Wildman–Crippen MR) is 93.0 cm³/mol. The Kier molecular flexibility index (Phi) is 5.43. The lowest BCUT2D eigenvalue weighted by Gasteiger charge is -2.35. The van der Waals surface area contributed by atoms with E-state index in [1.54, 1.807) is 0 Å². The van der Waals surface area contributed by atoms with Gasteiger partial charge < -0.3 is 15.0 Å². The number of thioether (sulfide) groups is 1. The first-order valence-corrected chi connectivity index (χ1v) is 9.10. The van der Waals surface area contributed by atoms with E-state index in [9.17, 15) is 4.79 Å². The van der Waals surface area contributed by atoms with Gasteiger partial charge in [0, 0.05) is 28.9 Å². The Balaban J connectivity index is 1.42. The first-order valence-electron chi connectivity index (χ1n) is 7.73. The molecule has 1 aromatic heterocycles. The van der Waals surface area contributed by atoms with Crippen LogP contribution in [-0.4, -0.2) is 37.6 Å². The number of hydrogen-bond acceptors (Lipinski definition) is 5. The number of rotatable bonds is 6. The topological polar surface area (TPSA) is 80.0 Å². The van der Waals surface area contributed by atoms with Crippen molar-refractivity contribution in [2.75, 3.05) is 5.75 Å². The second kappa shape index (κ2) is 7.55. The van der Waals surface area contributed by atoms with E-state index in [1.807, 2.05) is 35.9 Å². The molecular weight excluding hydrogens is 348 g/mol. The van der Waals surface area contributed by atoms with Gasteiger partial charge in [-0.25, -0.2) is 0 Å². The lowest BCUT2D eigenvalue weighted by molar-refractivity contribution is -0.119. The summed E-state index contributed by atoms with van der Waals surface area (Å²) in [5.41, 5.74) is 0. The molecule has 0 radical (unpaired) electrons. The van der Waals surface area contributed by atoms with Crippen LogP contribution in [-0.2, 0) is 18.4 Å². The highest BCUT2D eigenvalue weighted by Gasteiger charge is 2.34. The molecule has 0 spiro atoms. The van der Waals surface area contributed by atoms with E-state index < -0.39 is 0 Å². The summed E-state index contributed by atoms with van der Waals surface area (Å²) in [7, 11) is 1.86. The van der Waals surface area contributed by atoms with Gasteiger partial charge in [0.25, 0.3) is 0 Å². The minimum atomic E-state index is -0.113. The number of hydrogen-bond donors (Lipinski definition) is 2. The molecule has 0 unspecified atom stereocenters. The van der Waals surface area contributed by atoms with Crippen LogP contribution in [0.1, 0.15) is 30.4 Å². The van der Waals surface area contributed by atoms with Crippen LogP contribution in [0.5, 0.6) is 0 Å². The fourth-order valence-corrected chi connectivity index (χ4v) is 3.60. The zero-order valence-electron chi connectivity index (χ0n) is 13.3. The van der Waals surface area contributed by atoms with Gasteiger partial charge in [-0.2, -0.15) is 0 Å². The molecule has 1 heterocycles. The van der Waals surface area contributed by atoms with E-state index in [1.165, 1.54) is 11.8 Å². The molecule has 8 heteroatoms. The summed E-state index contributed by atoms with van der Waals surface area (Å²) in [6.07, 6.45) is 1.71. The Labute approximate surface area is 149 Å². The number of amides is 1. The number of benzene rings is 1. The molecule has 0 aliphatic heterocycles. The monoisotopic (exact) mass is 366 g/mol. The Hall–Kier alpha value is -1.57. The molecule has 1 fully saturated rings. The van der Waals surface area contributed by atoms with Gasteiger partial charge in [-0.1, -0.05) is 11.6 Å². The molecule has 1 aromatic carbocycles. The van der Waals surface area contributed by atoms with Gasteiger partial charge in [-0.05, 0) is 37.1 Å². The van der Waals surface area contributed by atoms with Crippen molar-refractivity contribution >= 4 is 29.3 Å². The maximum atomic E-state index is 12.0. The third-order valence-electron chi connectivity index (χ3n) is 4.19. The molecule has 3 rings (SSSR count). The van der Waals surface area contributed by atoms with Crippen molar-refractivity contribution in [3.05, 3.63) is 40.9 Å². The molecule has 128 valence electrons. The molecule has 1 aliphatic rings. The first kappa shape index (κ1) is 17.3. The van der Waals surface area contributed by atoms with Crippen LogP contribution in [0.4, 0.5) is 0 Å². The lowest BCUT2D eigenvalue weighted by atomic mass is 9.79. The summed E-state index contributed by atoms with van der Waals surface area (Å²) in [5, 5.41) is 21.0. The van der Waals surface area contributed by atoms with Crippen LogP contribution in [0.2, 0.25) is 5.02 Å². The van der Waals surface area contributed by atoms with Crippen LogP contribution in [0.3, 0.4) is 0 Å². The van der Waals surface area contributed by atoms with Crippen molar-refractivity contribution in [3.8, 4) is 0 Å². The zero-order valence-corrected chi connectivity index (χ0v) is 14.8. The van der Waals surface area contributed by atoms with Crippen LogP contribution in [0.25, 0.3) is 0 Å². The summed E-state index contributed by atoms with van der Waals surface area (Å²) in [6, 6.07) is 7.64. The van der Waals surface area contributed by atoms with Crippen LogP contribution in [0.15, 0.2) is 29.2 Å². The number of nitrogens with zero attached hydrogens (tertiary/aromatic N) is 3. The summed E-state index contributed by atoms with van der Waals surface area (Å²) in [4.78, 5) is 13.0. The number of aliphatic hydroxyl groups excluding tert-OH is 1. The number of carbonyl (C=O) groups is 1. The van der Waals surface area contributed by atoms with E-state index in [4.69, 9.17) is 16.7 Å². The maximum absolute atomic E-state index is 12.0. The van der Waals surface area contributed by atoms with Gasteiger partial charge in [0.05, 0.1) is 5.75 Å². The first-order chi connectivity index (χ1) is 11.6. The zero-order chi connectivity index (χ0) is 17.1. The molecule has 0 bridgehead atoms. The quantitative estimate of drug-likeness (QED) is 0.765. The van der Waals surface area contributed by atoms with Crippen molar-refractivity contribution < 1.29 is 9.90 Å². The molecule has 24 heavy (non-hydrogen) atoms. The minimum Gasteiger partial charge on any atom is -0.388 e. The molecule has 0 atom stereocenters. The van der Waals surface area contributed by atoms with E-state index in [0.29, 0.717) is 16.6 Å². The number of halogens is 1. The second-order valence-electron chi connectivity index (χ2n) is 5.87. The van der Waals surface area contributed by atoms with Crippen molar-refractivity contribution in [2.24, 2.45) is 7.05 Å². The summed E-state index contributed by atoms with van der Waals surface area (Å²) in [6.45, 7) is -0.113. The number of aromatic nitrogens is 3. The highest BCUT2D eigenvalue weighted by molar-refractivity contribution is 8.00. The highest BCUT2D eigenvalue weighted by atomic mass is 35.5. The third-order valence-corrected chi connectivity index (χ3v) is 5.46. The fraction of sp³-hybridized carbons (Fsp3) is 0.438. The Morgan fingerprint density at radius 1 is 1.38 bits per heavy atom. The normalized spacial score (nSPS) is 19.8. The number of carbonyl (C=O) groups excluding carboxylic acids is 1. The van der Waals surface area contributed by atoms with Gasteiger partial charge in [-0.3, -0.25) is 4.79 Å². The fourth-order valence-electron chi connectivity index (χ4n) is 2.76. The largest absolute Gasteiger partial charge is 0.388 e. The van der Waals surface area contributed by atoms with E-state index in [0.717, 1.165) is 23.6 Å². The third kappa shape index (κ3) is 3.91. The lowest BCUT2D eigenvalue weighted by Crippen LogP contribution is -2.44. The van der Waals surface area contributed by atoms with E-state index in [2.05, 4.69) is 15.5 Å². The van der Waals surface area contributed by atoms with Crippen molar-refractivity contribution in [3.63, 3.8) is 0 Å². The van der Waals surface area contributed by atoms with Crippen LogP contribution < -0.4 is 5.32 Å². The van der Waals surface area contributed by atoms with Gasteiger partial charge in [0.15, 0.2) is 5.82 Å². The predicted octanol–water partition coefficient (Wildman–Crippen LogP) is 2.12. The summed E-state index contributed by atoms with van der Waals surface area (Å²) in [5.74, 6) is 2.16. The Morgan fingerprint density at radius 3 is 2.71 bits per heavy atom. The molecule has 2 aromatic rings. The van der Waals surface area contributed by atoms with Gasteiger partial charge in [0.2, 0.25) is 5.91 Å². The molecular formula is C16H19ClN4O2S. The molecule has 6 nitrogen and oxygen atoms in total. The number of aliphatic hydroxyl groups is 1. The number of nitrogens with one attached hydrogen (secondary N) is 1. The van der Waals surface area contributed by atoms with Crippen LogP contribution >= 0.6 is 23.4 Å². The van der Waals surface area contributed by atoms with E-state index >= 15 is 0 Å². The summed E-state index contributed by atoms with van der Waals surface area (Å²) < 4.78 is 1.83. The van der Waals surface area contributed by atoms with Crippen molar-refractivity contribution in [2.45, 2.75) is 36.3 Å². The molecule has 1 saturated carbocycles. The standard InChI is InChI=1S/C16H19ClN4O2S/c1-21-14(8-22)19-20-16(21)10-6-12(7-10)18-15(23)9-24-13-4-2-11(17)3-5-13/h2-5,10,12,22H,6-9H2,1H3,(H,18,23). The minimum absolute atomic E-state index is 0.0346. The average molecular weight is 367 g/mol. The maximum Gasteiger partial charge on any atom is 0.230 e. The van der Waals surface area contributed by atoms with Crippen molar-refractivity contribution in [1.29, 1.82) is 0 Å².